The van der Waals surface area contributed by atoms with E-state index in [-0.39, 0.29) is 11.6 Å². The predicted octanol–water partition coefficient (Wildman–Crippen LogP) is 2.45. The highest BCUT2D eigenvalue weighted by atomic mass is 16.5. The first-order chi connectivity index (χ1) is 11.6. The second kappa shape index (κ2) is 6.92. The zero-order chi connectivity index (χ0) is 17.1. The molecule has 3 rings (SSSR count). The molecule has 0 saturated heterocycles. The third-order valence-electron chi connectivity index (χ3n) is 4.04. The maximum atomic E-state index is 12.1. The average Bonchev–Trinajstić information content (AvgIpc) is 3.03. The maximum Gasteiger partial charge on any atom is 0.258 e. The van der Waals surface area contributed by atoms with Crippen LogP contribution in [-0.4, -0.2) is 32.1 Å². The van der Waals surface area contributed by atoms with E-state index >= 15 is 0 Å². The number of para-hydroxylation sites is 1. The first kappa shape index (κ1) is 16.3. The fourth-order valence-corrected chi connectivity index (χ4v) is 2.53. The summed E-state index contributed by atoms with van der Waals surface area (Å²) in [5, 5.41) is 4.58. The molecule has 2 heterocycles. The summed E-state index contributed by atoms with van der Waals surface area (Å²) in [5.41, 5.74) is 0.569. The van der Waals surface area contributed by atoms with E-state index < -0.39 is 0 Å². The number of nitrogens with one attached hydrogen (secondary N) is 1. The number of fused-ring (bicyclic) bond motifs is 1. The molecule has 3 aromatic rings. The first-order valence-corrected chi connectivity index (χ1v) is 8.09. The zero-order valence-electron chi connectivity index (χ0n) is 14.1. The Morgan fingerprint density at radius 3 is 2.88 bits per heavy atom. The second-order valence-corrected chi connectivity index (χ2v) is 5.92. The normalized spacial score (nSPS) is 12.8. The molecule has 0 aliphatic rings. The van der Waals surface area contributed by atoms with Gasteiger partial charge in [-0.15, -0.1) is 0 Å². The van der Waals surface area contributed by atoms with Crippen LogP contribution in [-0.2, 0) is 13.0 Å². The average molecular weight is 327 g/mol. The highest BCUT2D eigenvalue weighted by Gasteiger charge is 2.19. The van der Waals surface area contributed by atoms with Crippen molar-refractivity contribution >= 4 is 10.9 Å². The van der Waals surface area contributed by atoms with E-state index in [9.17, 15) is 4.79 Å². The van der Waals surface area contributed by atoms with Crippen molar-refractivity contribution in [3.63, 3.8) is 0 Å². The van der Waals surface area contributed by atoms with Gasteiger partial charge in [-0.2, -0.15) is 4.98 Å². The molecule has 0 spiro atoms. The summed E-state index contributed by atoms with van der Waals surface area (Å²) in [5.74, 6) is 1.91. The third kappa shape index (κ3) is 3.35. The molecule has 1 N–H and O–H groups in total. The van der Waals surface area contributed by atoms with Crippen LogP contribution in [0.1, 0.15) is 43.8 Å². The van der Waals surface area contributed by atoms with E-state index in [0.717, 1.165) is 18.7 Å². The number of benzene rings is 1. The van der Waals surface area contributed by atoms with E-state index in [1.165, 1.54) is 0 Å². The first-order valence-electron chi connectivity index (χ1n) is 8.09. The van der Waals surface area contributed by atoms with Crippen LogP contribution in [0.4, 0.5) is 0 Å². The van der Waals surface area contributed by atoms with Crippen molar-refractivity contribution in [2.24, 2.45) is 0 Å². The molecular weight excluding hydrogens is 306 g/mol. The highest BCUT2D eigenvalue weighted by molar-refractivity contribution is 5.77. The van der Waals surface area contributed by atoms with Gasteiger partial charge in [0.25, 0.3) is 5.56 Å². The van der Waals surface area contributed by atoms with Crippen molar-refractivity contribution in [2.45, 2.75) is 39.3 Å². The minimum Gasteiger partial charge on any atom is -0.338 e. The molecule has 2 aromatic heterocycles. The molecule has 0 aliphatic heterocycles. The summed E-state index contributed by atoms with van der Waals surface area (Å²) in [7, 11) is 1.93. The molecular formula is C17H21N5O2. The van der Waals surface area contributed by atoms with Crippen molar-refractivity contribution in [1.82, 2.24) is 25.0 Å². The molecule has 1 atom stereocenters. The number of rotatable bonds is 6. The summed E-state index contributed by atoms with van der Waals surface area (Å²) in [4.78, 5) is 25.9. The molecule has 0 fully saturated rings. The maximum absolute atomic E-state index is 12.1. The van der Waals surface area contributed by atoms with Gasteiger partial charge in [-0.1, -0.05) is 24.2 Å². The van der Waals surface area contributed by atoms with Gasteiger partial charge in [0.1, 0.15) is 5.82 Å². The van der Waals surface area contributed by atoms with E-state index in [4.69, 9.17) is 4.52 Å². The Hall–Kier alpha value is -2.54. The van der Waals surface area contributed by atoms with Crippen LogP contribution in [0.25, 0.3) is 10.9 Å². The number of aromatic nitrogens is 4. The Bertz CT molecular complexity index is 886. The van der Waals surface area contributed by atoms with Gasteiger partial charge in [-0.25, -0.2) is 4.98 Å². The van der Waals surface area contributed by atoms with Crippen molar-refractivity contribution < 1.29 is 4.52 Å². The van der Waals surface area contributed by atoms with Gasteiger partial charge < -0.3 is 9.51 Å². The summed E-state index contributed by atoms with van der Waals surface area (Å²) >= 11 is 0. The van der Waals surface area contributed by atoms with E-state index in [0.29, 0.717) is 29.2 Å². The number of H-pyrrole nitrogens is 1. The lowest BCUT2D eigenvalue weighted by molar-refractivity contribution is 0.198. The zero-order valence-corrected chi connectivity index (χ0v) is 14.1. The molecule has 24 heavy (non-hydrogen) atoms. The van der Waals surface area contributed by atoms with Gasteiger partial charge in [0.2, 0.25) is 5.89 Å². The van der Waals surface area contributed by atoms with Crippen LogP contribution in [0.2, 0.25) is 0 Å². The molecule has 0 amide bonds. The number of aromatic amines is 1. The summed E-state index contributed by atoms with van der Waals surface area (Å²) in [6.45, 7) is 4.54. The SMILES string of the molecule is CCCc1noc(C(C)N(C)Cc2nc3ccccc3c(=O)[nH]2)n1. The fraction of sp³-hybridized carbons (Fsp3) is 0.412. The fourth-order valence-electron chi connectivity index (χ4n) is 2.53. The Labute approximate surface area is 139 Å². The van der Waals surface area contributed by atoms with E-state index in [2.05, 4.69) is 27.0 Å². The summed E-state index contributed by atoms with van der Waals surface area (Å²) < 4.78 is 5.34. The minimum atomic E-state index is -0.125. The van der Waals surface area contributed by atoms with Crippen LogP contribution >= 0.6 is 0 Å². The van der Waals surface area contributed by atoms with Gasteiger partial charge in [-0.3, -0.25) is 9.69 Å². The van der Waals surface area contributed by atoms with E-state index in [1.54, 1.807) is 6.07 Å². The lowest BCUT2D eigenvalue weighted by Gasteiger charge is -2.20. The molecule has 0 saturated carbocycles. The monoisotopic (exact) mass is 327 g/mol. The van der Waals surface area contributed by atoms with E-state index in [1.807, 2.05) is 37.1 Å². The third-order valence-corrected chi connectivity index (χ3v) is 4.04. The topological polar surface area (TPSA) is 87.9 Å². The van der Waals surface area contributed by atoms with Crippen LogP contribution in [0, 0.1) is 0 Å². The van der Waals surface area contributed by atoms with Crippen molar-refractivity contribution in [2.75, 3.05) is 7.05 Å². The number of hydrogen-bond donors (Lipinski definition) is 1. The molecule has 1 aromatic carbocycles. The lowest BCUT2D eigenvalue weighted by atomic mass is 10.2. The standard InChI is InChI=1S/C17H21N5O2/c1-4-7-14-20-17(24-21-14)11(2)22(3)10-15-18-13-9-6-5-8-12(13)16(23)19-15/h5-6,8-9,11H,4,7,10H2,1-3H3,(H,18,19,23). The van der Waals surface area contributed by atoms with Crippen molar-refractivity contribution in [1.29, 1.82) is 0 Å². The van der Waals surface area contributed by atoms with Crippen molar-refractivity contribution in [3.8, 4) is 0 Å². The van der Waals surface area contributed by atoms with Crippen LogP contribution < -0.4 is 5.56 Å². The van der Waals surface area contributed by atoms with Crippen LogP contribution in [0.3, 0.4) is 0 Å². The quantitative estimate of drug-likeness (QED) is 0.748. The van der Waals surface area contributed by atoms with Gasteiger partial charge in [-0.05, 0) is 32.5 Å². The molecule has 0 bridgehead atoms. The van der Waals surface area contributed by atoms with Gasteiger partial charge in [0, 0.05) is 6.42 Å². The smallest absolute Gasteiger partial charge is 0.258 e. The Morgan fingerprint density at radius 2 is 2.08 bits per heavy atom. The summed E-state index contributed by atoms with van der Waals surface area (Å²) in [6, 6.07) is 7.24. The van der Waals surface area contributed by atoms with Gasteiger partial charge in [0.05, 0.1) is 23.5 Å². The predicted molar refractivity (Wildman–Crippen MR) is 90.5 cm³/mol. The van der Waals surface area contributed by atoms with Crippen LogP contribution in [0.5, 0.6) is 0 Å². The second-order valence-electron chi connectivity index (χ2n) is 5.92. The number of aryl methyl sites for hydroxylation is 1. The Kier molecular flexibility index (Phi) is 4.71. The molecule has 0 aliphatic carbocycles. The molecule has 0 radical (unpaired) electrons. The molecule has 126 valence electrons. The minimum absolute atomic E-state index is 0.0696. The molecule has 7 nitrogen and oxygen atoms in total. The Balaban J connectivity index is 1.78. The molecule has 1 unspecified atom stereocenters. The van der Waals surface area contributed by atoms with Crippen LogP contribution in [0.15, 0.2) is 33.6 Å². The van der Waals surface area contributed by atoms with Gasteiger partial charge >= 0.3 is 0 Å². The molecule has 7 heteroatoms. The lowest BCUT2D eigenvalue weighted by Crippen LogP contribution is -2.25. The summed E-state index contributed by atoms with van der Waals surface area (Å²) in [6.07, 6.45) is 1.78. The number of nitrogens with zero attached hydrogens (tertiary/aromatic N) is 4. The number of hydrogen-bond acceptors (Lipinski definition) is 6. The van der Waals surface area contributed by atoms with Gasteiger partial charge in [0.15, 0.2) is 5.82 Å². The highest BCUT2D eigenvalue weighted by Crippen LogP contribution is 2.18. The largest absolute Gasteiger partial charge is 0.338 e. The Morgan fingerprint density at radius 1 is 1.29 bits per heavy atom. The van der Waals surface area contributed by atoms with Crippen molar-refractivity contribution in [3.05, 3.63) is 52.2 Å².